The first kappa shape index (κ1) is 14.6. The molecule has 0 fully saturated rings. The number of aryl methyl sites for hydroxylation is 1. The monoisotopic (exact) mass is 286 g/mol. The summed E-state index contributed by atoms with van der Waals surface area (Å²) < 4.78 is 23.4. The number of hydrazone groups is 1. The summed E-state index contributed by atoms with van der Waals surface area (Å²) in [6, 6.07) is 5.64. The lowest BCUT2D eigenvalue weighted by Crippen LogP contribution is -2.28. The second-order valence-corrected chi connectivity index (χ2v) is 5.14. The van der Waals surface area contributed by atoms with Gasteiger partial charge in [-0.3, -0.25) is 0 Å². The van der Waals surface area contributed by atoms with Gasteiger partial charge in [-0.05, 0) is 19.1 Å². The van der Waals surface area contributed by atoms with E-state index < -0.39 is 27.7 Å². The SMILES string of the molecule is Cc1ccc(S(=O)(=O)NN=C(C(=O)O)C(=O)O)cc1. The molecule has 1 rings (SSSR count). The number of benzene rings is 1. The van der Waals surface area contributed by atoms with Crippen LogP contribution in [0, 0.1) is 6.92 Å². The molecule has 1 aromatic carbocycles. The molecule has 19 heavy (non-hydrogen) atoms. The Morgan fingerprint density at radius 1 is 1.11 bits per heavy atom. The van der Waals surface area contributed by atoms with E-state index in [0.29, 0.717) is 0 Å². The van der Waals surface area contributed by atoms with E-state index >= 15 is 0 Å². The highest BCUT2D eigenvalue weighted by molar-refractivity contribution is 7.89. The largest absolute Gasteiger partial charge is 0.476 e. The van der Waals surface area contributed by atoms with Gasteiger partial charge >= 0.3 is 11.9 Å². The average molecular weight is 286 g/mol. The summed E-state index contributed by atoms with van der Waals surface area (Å²) in [5.74, 6) is -3.70. The van der Waals surface area contributed by atoms with E-state index in [4.69, 9.17) is 10.2 Å². The van der Waals surface area contributed by atoms with Crippen LogP contribution in [0.5, 0.6) is 0 Å². The van der Waals surface area contributed by atoms with Gasteiger partial charge in [-0.2, -0.15) is 13.2 Å². The smallest absolute Gasteiger partial charge is 0.364 e. The van der Waals surface area contributed by atoms with Crippen molar-refractivity contribution in [2.45, 2.75) is 11.8 Å². The van der Waals surface area contributed by atoms with Crippen molar-refractivity contribution in [2.75, 3.05) is 0 Å². The highest BCUT2D eigenvalue weighted by Crippen LogP contribution is 2.09. The van der Waals surface area contributed by atoms with E-state index in [1.165, 1.54) is 24.3 Å². The molecule has 0 unspecified atom stereocenters. The molecular weight excluding hydrogens is 276 g/mol. The molecule has 0 spiro atoms. The Balaban J connectivity index is 3.04. The number of hydrogen-bond acceptors (Lipinski definition) is 5. The van der Waals surface area contributed by atoms with Gasteiger partial charge in [-0.1, -0.05) is 17.7 Å². The van der Waals surface area contributed by atoms with E-state index in [0.717, 1.165) is 5.56 Å². The number of carboxylic acid groups (broad SMARTS) is 2. The highest BCUT2D eigenvalue weighted by atomic mass is 32.2. The third-order valence-electron chi connectivity index (χ3n) is 2.01. The highest BCUT2D eigenvalue weighted by Gasteiger charge is 2.21. The zero-order valence-electron chi connectivity index (χ0n) is 9.69. The maximum atomic E-state index is 11.7. The van der Waals surface area contributed by atoms with Gasteiger partial charge in [0.25, 0.3) is 15.7 Å². The standard InChI is InChI=1S/C10H10N2O6S/c1-6-2-4-7(5-3-6)19(17,18)12-11-8(9(13)14)10(15)16/h2-5,12H,1H3,(H,13,14)(H,15,16). The van der Waals surface area contributed by atoms with Gasteiger partial charge in [0.1, 0.15) is 0 Å². The number of hydrogen-bond donors (Lipinski definition) is 3. The van der Waals surface area contributed by atoms with Crippen LogP contribution in [-0.2, 0) is 19.6 Å². The molecule has 0 heterocycles. The molecule has 0 bridgehead atoms. The van der Waals surface area contributed by atoms with E-state index in [1.54, 1.807) is 11.8 Å². The van der Waals surface area contributed by atoms with Crippen LogP contribution in [0.2, 0.25) is 0 Å². The summed E-state index contributed by atoms with van der Waals surface area (Å²) in [7, 11) is -4.10. The number of nitrogens with zero attached hydrogens (tertiary/aromatic N) is 1. The molecule has 0 saturated carbocycles. The minimum Gasteiger partial charge on any atom is -0.476 e. The van der Waals surface area contributed by atoms with Gasteiger partial charge in [-0.25, -0.2) is 9.59 Å². The lowest BCUT2D eigenvalue weighted by Gasteiger charge is -2.04. The summed E-state index contributed by atoms with van der Waals surface area (Å²) >= 11 is 0. The predicted molar refractivity (Wildman–Crippen MR) is 64.2 cm³/mol. The zero-order chi connectivity index (χ0) is 14.6. The summed E-state index contributed by atoms with van der Waals surface area (Å²) in [5, 5.41) is 19.9. The Hall–Kier alpha value is -2.42. The summed E-state index contributed by atoms with van der Waals surface area (Å²) in [6.45, 7) is 1.76. The second kappa shape index (κ2) is 5.48. The van der Waals surface area contributed by atoms with Crippen molar-refractivity contribution in [3.63, 3.8) is 0 Å². The van der Waals surface area contributed by atoms with Crippen LogP contribution in [0.25, 0.3) is 0 Å². The minimum absolute atomic E-state index is 0.156. The molecule has 0 radical (unpaired) electrons. The predicted octanol–water partition coefficient (Wildman–Crippen LogP) is -0.201. The van der Waals surface area contributed by atoms with Crippen molar-refractivity contribution in [1.29, 1.82) is 0 Å². The maximum absolute atomic E-state index is 11.7. The summed E-state index contributed by atoms with van der Waals surface area (Å²) in [6.07, 6.45) is 0. The van der Waals surface area contributed by atoms with E-state index in [9.17, 15) is 18.0 Å². The van der Waals surface area contributed by atoms with Gasteiger partial charge in [0.15, 0.2) is 0 Å². The van der Waals surface area contributed by atoms with Gasteiger partial charge in [0.2, 0.25) is 0 Å². The first-order valence-electron chi connectivity index (χ1n) is 4.87. The Labute approximate surface area is 108 Å². The third kappa shape index (κ3) is 3.78. The van der Waals surface area contributed by atoms with Crippen LogP contribution in [0.4, 0.5) is 0 Å². The molecule has 0 aliphatic rings. The topological polar surface area (TPSA) is 133 Å². The Morgan fingerprint density at radius 2 is 1.58 bits per heavy atom. The molecule has 0 saturated heterocycles. The molecule has 3 N–H and O–H groups in total. The third-order valence-corrected chi connectivity index (χ3v) is 3.24. The maximum Gasteiger partial charge on any atom is 0.364 e. The van der Waals surface area contributed by atoms with Crippen LogP contribution < -0.4 is 4.83 Å². The number of carbonyl (C=O) groups is 2. The van der Waals surface area contributed by atoms with Crippen molar-refractivity contribution >= 4 is 27.7 Å². The lowest BCUT2D eigenvalue weighted by molar-refractivity contribution is -0.134. The molecular formula is C10H10N2O6S. The number of aliphatic carboxylic acids is 2. The molecule has 0 amide bonds. The van der Waals surface area contributed by atoms with Crippen molar-refractivity contribution < 1.29 is 28.2 Å². The fourth-order valence-corrected chi connectivity index (χ4v) is 1.87. The fraction of sp³-hybridized carbons (Fsp3) is 0.100. The molecule has 1 aromatic rings. The minimum atomic E-state index is -4.10. The van der Waals surface area contributed by atoms with Gasteiger partial charge in [0, 0.05) is 0 Å². The zero-order valence-corrected chi connectivity index (χ0v) is 10.5. The summed E-state index contributed by atoms with van der Waals surface area (Å²) in [5.41, 5.74) is -0.491. The van der Waals surface area contributed by atoms with Crippen LogP contribution in [0.1, 0.15) is 5.56 Å². The van der Waals surface area contributed by atoms with Crippen LogP contribution in [-0.4, -0.2) is 36.3 Å². The number of nitrogens with one attached hydrogen (secondary N) is 1. The quantitative estimate of drug-likeness (QED) is 0.390. The van der Waals surface area contributed by atoms with Gasteiger partial charge in [0.05, 0.1) is 4.90 Å². The van der Waals surface area contributed by atoms with Crippen LogP contribution in [0.15, 0.2) is 34.3 Å². The fourth-order valence-electron chi connectivity index (χ4n) is 1.06. The number of carboxylic acids is 2. The van der Waals surface area contributed by atoms with Crippen molar-refractivity contribution in [1.82, 2.24) is 4.83 Å². The molecule has 0 aliphatic carbocycles. The van der Waals surface area contributed by atoms with Gasteiger partial charge in [-0.15, -0.1) is 5.10 Å². The summed E-state index contributed by atoms with van der Waals surface area (Å²) in [4.78, 5) is 22.4. The molecule has 0 atom stereocenters. The van der Waals surface area contributed by atoms with Gasteiger partial charge < -0.3 is 10.2 Å². The lowest BCUT2D eigenvalue weighted by atomic mass is 10.2. The molecule has 9 heteroatoms. The van der Waals surface area contributed by atoms with Crippen molar-refractivity contribution in [2.24, 2.45) is 5.10 Å². The van der Waals surface area contributed by atoms with Crippen LogP contribution >= 0.6 is 0 Å². The van der Waals surface area contributed by atoms with E-state index in [2.05, 4.69) is 5.10 Å². The Kier molecular flexibility index (Phi) is 4.22. The Bertz CT molecular complexity index is 616. The second-order valence-electron chi connectivity index (χ2n) is 3.48. The first-order valence-corrected chi connectivity index (χ1v) is 6.35. The molecule has 0 aromatic heterocycles. The number of sulfonamides is 1. The molecule has 0 aliphatic heterocycles. The van der Waals surface area contributed by atoms with E-state index in [-0.39, 0.29) is 4.90 Å². The van der Waals surface area contributed by atoms with Crippen molar-refractivity contribution in [3.05, 3.63) is 29.8 Å². The average Bonchev–Trinajstić information content (AvgIpc) is 2.28. The van der Waals surface area contributed by atoms with E-state index in [1.807, 2.05) is 0 Å². The Morgan fingerprint density at radius 3 is 2.00 bits per heavy atom. The normalized spacial score (nSPS) is 10.6. The molecule has 8 nitrogen and oxygen atoms in total. The molecule has 102 valence electrons. The van der Waals surface area contributed by atoms with Crippen LogP contribution in [0.3, 0.4) is 0 Å². The van der Waals surface area contributed by atoms with Crippen molar-refractivity contribution in [3.8, 4) is 0 Å². The first-order chi connectivity index (χ1) is 8.74. The number of rotatable bonds is 5.